The van der Waals surface area contributed by atoms with E-state index in [0.29, 0.717) is 0 Å². The molecule has 2 nitrogen and oxygen atoms in total. The topological polar surface area (TPSA) is 26.3 Å². The van der Waals surface area contributed by atoms with Crippen LogP contribution < -0.4 is 0 Å². The number of carbonyl (C=O) groups excluding carboxylic acids is 1. The maximum absolute atomic E-state index is 11.7. The van der Waals surface area contributed by atoms with E-state index in [4.69, 9.17) is 4.74 Å². The van der Waals surface area contributed by atoms with Crippen LogP contribution in [-0.4, -0.2) is 22.0 Å². The number of benzene rings is 1. The van der Waals surface area contributed by atoms with Crippen molar-refractivity contribution in [1.29, 1.82) is 0 Å². The Balaban J connectivity index is 2.17. The molecule has 1 saturated heterocycles. The van der Waals surface area contributed by atoms with Crippen LogP contribution in [0.25, 0.3) is 0 Å². The quantitative estimate of drug-likeness (QED) is 0.629. The van der Waals surface area contributed by atoms with Crippen LogP contribution in [-0.2, 0) is 9.53 Å². The summed E-state index contributed by atoms with van der Waals surface area (Å²) in [7, 11) is 0. The van der Waals surface area contributed by atoms with Gasteiger partial charge < -0.3 is 0 Å². The molecule has 1 fully saturated rings. The van der Waals surface area contributed by atoms with E-state index in [1.807, 2.05) is 30.3 Å². The van der Waals surface area contributed by atoms with E-state index in [9.17, 15) is 4.79 Å². The van der Waals surface area contributed by atoms with E-state index in [1.54, 1.807) is 0 Å². The Morgan fingerprint density at radius 1 is 1.31 bits per heavy atom. The van der Waals surface area contributed by atoms with Gasteiger partial charge in [-0.3, -0.25) is 0 Å². The predicted molar refractivity (Wildman–Crippen MR) is 63.2 cm³/mol. The second-order valence-electron chi connectivity index (χ2n) is 4.13. The molecule has 1 radical (unpaired) electrons. The van der Waals surface area contributed by atoms with Crippen molar-refractivity contribution in [1.82, 2.24) is 0 Å². The molecule has 85 valence electrons. The number of ether oxygens (including phenoxy) is 1. The van der Waals surface area contributed by atoms with Crippen LogP contribution in [0.4, 0.5) is 0 Å². The standard InChI is InChI=1S/C13H15O2Se/c1-2-6-10-12(16)11(15-13(10)14)9-7-4-3-5-8-9/h3-5,7-8,10-12H,2,6H2,1H3. The summed E-state index contributed by atoms with van der Waals surface area (Å²) in [5.74, 6) is -0.0327. The third-order valence-electron chi connectivity index (χ3n) is 2.97. The van der Waals surface area contributed by atoms with Crippen molar-refractivity contribution in [3.8, 4) is 0 Å². The van der Waals surface area contributed by atoms with Gasteiger partial charge in [-0.25, -0.2) is 0 Å². The van der Waals surface area contributed by atoms with Gasteiger partial charge in [-0.05, 0) is 0 Å². The van der Waals surface area contributed by atoms with Gasteiger partial charge >= 0.3 is 104 Å². The number of esters is 1. The van der Waals surface area contributed by atoms with E-state index >= 15 is 0 Å². The maximum atomic E-state index is 11.7. The van der Waals surface area contributed by atoms with E-state index in [2.05, 4.69) is 22.9 Å². The van der Waals surface area contributed by atoms with Crippen LogP contribution in [0, 0.1) is 5.92 Å². The van der Waals surface area contributed by atoms with Crippen molar-refractivity contribution in [2.45, 2.75) is 30.7 Å². The minimum absolute atomic E-state index is 0.0233. The Labute approximate surface area is 104 Å². The van der Waals surface area contributed by atoms with Crippen molar-refractivity contribution in [3.05, 3.63) is 35.9 Å². The van der Waals surface area contributed by atoms with Crippen molar-refractivity contribution in [3.63, 3.8) is 0 Å². The Kier molecular flexibility index (Phi) is 3.67. The molecule has 0 aromatic heterocycles. The molecule has 16 heavy (non-hydrogen) atoms. The Bertz CT molecular complexity index is 363. The van der Waals surface area contributed by atoms with Crippen LogP contribution in [0.1, 0.15) is 31.4 Å². The third kappa shape index (κ3) is 2.16. The van der Waals surface area contributed by atoms with Crippen molar-refractivity contribution in [2.75, 3.05) is 0 Å². The summed E-state index contributed by atoms with van der Waals surface area (Å²) < 4.78 is 5.45. The summed E-state index contributed by atoms with van der Waals surface area (Å²) in [6, 6.07) is 9.94. The molecule has 3 unspecified atom stereocenters. The van der Waals surface area contributed by atoms with Gasteiger partial charge in [0.05, 0.1) is 0 Å². The molecule has 1 aromatic carbocycles. The van der Waals surface area contributed by atoms with Gasteiger partial charge in [0.25, 0.3) is 0 Å². The molecule has 1 aliphatic rings. The van der Waals surface area contributed by atoms with Crippen LogP contribution in [0.2, 0.25) is 4.82 Å². The normalized spacial score (nSPS) is 29.1. The van der Waals surface area contributed by atoms with E-state index in [0.717, 1.165) is 18.4 Å². The summed E-state index contributed by atoms with van der Waals surface area (Å²) in [5.41, 5.74) is 1.08. The van der Waals surface area contributed by atoms with E-state index in [1.165, 1.54) is 0 Å². The average molecular weight is 282 g/mol. The molecule has 0 saturated carbocycles. The Morgan fingerprint density at radius 3 is 2.62 bits per heavy atom. The van der Waals surface area contributed by atoms with E-state index < -0.39 is 0 Å². The number of hydrogen-bond donors (Lipinski definition) is 0. The van der Waals surface area contributed by atoms with Crippen LogP contribution in [0.3, 0.4) is 0 Å². The first kappa shape index (κ1) is 11.7. The summed E-state index contributed by atoms with van der Waals surface area (Å²) in [6.45, 7) is 2.09. The molecule has 1 aliphatic heterocycles. The average Bonchev–Trinajstić information content (AvgIpc) is 2.59. The minimum atomic E-state index is -0.106. The summed E-state index contributed by atoms with van der Waals surface area (Å²) >= 11 is 3.11. The number of carbonyl (C=O) groups is 1. The molecule has 0 amide bonds. The Hall–Kier alpha value is -0.791. The van der Waals surface area contributed by atoms with Crippen molar-refractivity contribution in [2.24, 2.45) is 5.92 Å². The predicted octanol–water partition coefficient (Wildman–Crippen LogP) is 2.66. The zero-order valence-electron chi connectivity index (χ0n) is 9.26. The van der Waals surface area contributed by atoms with Gasteiger partial charge in [-0.2, -0.15) is 0 Å². The zero-order valence-corrected chi connectivity index (χ0v) is 11.0. The van der Waals surface area contributed by atoms with Gasteiger partial charge in [0.15, 0.2) is 0 Å². The SMILES string of the molecule is CCCC1C(=O)OC(c2ccccc2)C1[Se]. The first-order valence-corrected chi connectivity index (χ1v) is 6.64. The van der Waals surface area contributed by atoms with Gasteiger partial charge in [-0.1, -0.05) is 0 Å². The molecule has 0 spiro atoms. The summed E-state index contributed by atoms with van der Waals surface area (Å²) in [5, 5.41) is 0. The zero-order chi connectivity index (χ0) is 11.5. The summed E-state index contributed by atoms with van der Waals surface area (Å²) in [4.78, 5) is 11.9. The summed E-state index contributed by atoms with van der Waals surface area (Å²) in [6.07, 6.45) is 1.81. The van der Waals surface area contributed by atoms with E-state index in [-0.39, 0.29) is 22.8 Å². The molecule has 0 bridgehead atoms. The molecule has 0 aliphatic carbocycles. The fourth-order valence-electron chi connectivity index (χ4n) is 2.12. The number of rotatable bonds is 3. The molecule has 1 aromatic rings. The fourth-order valence-corrected chi connectivity index (χ4v) is 3.08. The molecule has 1 heterocycles. The van der Waals surface area contributed by atoms with Crippen molar-refractivity contribution >= 4 is 22.0 Å². The second-order valence-corrected chi connectivity index (χ2v) is 5.27. The van der Waals surface area contributed by atoms with Gasteiger partial charge in [-0.15, -0.1) is 0 Å². The molecule has 0 N–H and O–H groups in total. The van der Waals surface area contributed by atoms with Gasteiger partial charge in [0.1, 0.15) is 0 Å². The number of hydrogen-bond acceptors (Lipinski definition) is 2. The molecule has 3 atom stereocenters. The monoisotopic (exact) mass is 283 g/mol. The fraction of sp³-hybridized carbons (Fsp3) is 0.462. The van der Waals surface area contributed by atoms with Crippen LogP contribution in [0.5, 0.6) is 0 Å². The molecular formula is C13H15O2Se. The number of cyclic esters (lactones) is 1. The van der Waals surface area contributed by atoms with Crippen LogP contribution in [0.15, 0.2) is 30.3 Å². The molecule has 2 rings (SSSR count). The molecular weight excluding hydrogens is 267 g/mol. The molecule has 3 heteroatoms. The van der Waals surface area contributed by atoms with Crippen LogP contribution >= 0.6 is 0 Å². The second kappa shape index (κ2) is 5.03. The van der Waals surface area contributed by atoms with Gasteiger partial charge in [0, 0.05) is 0 Å². The van der Waals surface area contributed by atoms with Gasteiger partial charge in [0.2, 0.25) is 0 Å². The Morgan fingerprint density at radius 2 is 2.00 bits per heavy atom. The first-order chi connectivity index (χ1) is 7.74. The van der Waals surface area contributed by atoms with Crippen molar-refractivity contribution < 1.29 is 9.53 Å². The first-order valence-electron chi connectivity index (χ1n) is 5.65. The third-order valence-corrected chi connectivity index (χ3v) is 4.18.